The zero-order chi connectivity index (χ0) is 15.6. The summed E-state index contributed by atoms with van der Waals surface area (Å²) in [4.78, 5) is 22.0. The fraction of sp³-hybridized carbons (Fsp3) is 0.368. The van der Waals surface area contributed by atoms with Gasteiger partial charge in [-0.2, -0.15) is 0 Å². The molecule has 0 radical (unpaired) electrons. The molecule has 2 aromatic heterocycles. The molecule has 1 aliphatic heterocycles. The Kier molecular flexibility index (Phi) is 3.74. The number of nitrogens with one attached hydrogen (secondary N) is 1. The smallest absolute Gasteiger partial charge is 0.223 e. The van der Waals surface area contributed by atoms with Crippen molar-refractivity contribution in [3.8, 4) is 0 Å². The van der Waals surface area contributed by atoms with Crippen LogP contribution in [0.5, 0.6) is 0 Å². The number of allylic oxidation sites excluding steroid dienone is 2. The lowest BCUT2D eigenvalue weighted by molar-refractivity contribution is -0.131. The second-order valence-corrected chi connectivity index (χ2v) is 6.39. The summed E-state index contributed by atoms with van der Waals surface area (Å²) >= 11 is 0. The van der Waals surface area contributed by atoms with Gasteiger partial charge in [0.15, 0.2) is 0 Å². The summed E-state index contributed by atoms with van der Waals surface area (Å²) in [6, 6.07) is 4.06. The molecule has 1 atom stereocenters. The normalized spacial score (nSPS) is 21.0. The molecule has 0 saturated heterocycles. The van der Waals surface area contributed by atoms with Crippen LogP contribution >= 0.6 is 0 Å². The number of fused-ring (bicyclic) bond motifs is 1. The van der Waals surface area contributed by atoms with Crippen LogP contribution in [0.15, 0.2) is 42.8 Å². The highest BCUT2D eigenvalue weighted by Gasteiger charge is 2.22. The number of carbonyl (C=O) groups is 1. The molecule has 4 nitrogen and oxygen atoms in total. The minimum Gasteiger partial charge on any atom is -0.346 e. The predicted octanol–water partition coefficient (Wildman–Crippen LogP) is 3.53. The Bertz CT molecular complexity index is 787. The van der Waals surface area contributed by atoms with Gasteiger partial charge in [-0.1, -0.05) is 18.2 Å². The van der Waals surface area contributed by atoms with E-state index in [1.165, 1.54) is 11.1 Å². The van der Waals surface area contributed by atoms with Gasteiger partial charge in [0.05, 0.1) is 0 Å². The number of pyridine rings is 1. The monoisotopic (exact) mass is 307 g/mol. The molecular weight excluding hydrogens is 286 g/mol. The summed E-state index contributed by atoms with van der Waals surface area (Å²) < 4.78 is 0. The van der Waals surface area contributed by atoms with Crippen molar-refractivity contribution in [2.75, 3.05) is 13.1 Å². The second kappa shape index (κ2) is 6.03. The highest BCUT2D eigenvalue weighted by molar-refractivity contribution is 5.91. The van der Waals surface area contributed by atoms with E-state index in [-0.39, 0.29) is 5.91 Å². The summed E-state index contributed by atoms with van der Waals surface area (Å²) in [5, 5.41) is 1.16. The Morgan fingerprint density at radius 1 is 1.43 bits per heavy atom. The lowest BCUT2D eigenvalue weighted by atomic mass is 9.98. The van der Waals surface area contributed by atoms with Crippen LogP contribution in [0.25, 0.3) is 16.6 Å². The van der Waals surface area contributed by atoms with E-state index in [0.717, 1.165) is 43.4 Å². The van der Waals surface area contributed by atoms with Crippen molar-refractivity contribution in [1.82, 2.24) is 14.9 Å². The van der Waals surface area contributed by atoms with Crippen molar-refractivity contribution in [2.24, 2.45) is 5.92 Å². The van der Waals surface area contributed by atoms with E-state index in [2.05, 4.69) is 34.3 Å². The average molecular weight is 307 g/mol. The molecule has 118 valence electrons. The molecule has 1 aliphatic carbocycles. The van der Waals surface area contributed by atoms with Gasteiger partial charge in [-0.3, -0.25) is 4.79 Å². The van der Waals surface area contributed by atoms with Crippen molar-refractivity contribution in [3.05, 3.63) is 48.3 Å². The quantitative estimate of drug-likeness (QED) is 0.882. The van der Waals surface area contributed by atoms with Gasteiger partial charge in [-0.05, 0) is 42.9 Å². The molecule has 1 amide bonds. The fourth-order valence-electron chi connectivity index (χ4n) is 3.58. The molecular formula is C19H21N3O. The number of rotatable bonds is 3. The maximum atomic E-state index is 12.4. The van der Waals surface area contributed by atoms with E-state index < -0.39 is 0 Å². The molecule has 3 heterocycles. The molecule has 0 spiro atoms. The van der Waals surface area contributed by atoms with Crippen LogP contribution in [-0.4, -0.2) is 33.9 Å². The van der Waals surface area contributed by atoms with Crippen LogP contribution < -0.4 is 0 Å². The summed E-state index contributed by atoms with van der Waals surface area (Å²) in [7, 11) is 0. The van der Waals surface area contributed by atoms with Crippen LogP contribution in [0.3, 0.4) is 0 Å². The van der Waals surface area contributed by atoms with E-state index in [4.69, 9.17) is 0 Å². The SMILES string of the molecule is O=C(CC1C=CCC1)N1CC=C(c2c[nH]c3ncccc23)CC1. The molecule has 1 N–H and O–H groups in total. The van der Waals surface area contributed by atoms with E-state index in [1.54, 1.807) is 6.20 Å². The van der Waals surface area contributed by atoms with Crippen LogP contribution in [-0.2, 0) is 4.79 Å². The highest BCUT2D eigenvalue weighted by atomic mass is 16.2. The van der Waals surface area contributed by atoms with Crippen molar-refractivity contribution in [2.45, 2.75) is 25.7 Å². The fourth-order valence-corrected chi connectivity index (χ4v) is 3.58. The van der Waals surface area contributed by atoms with Gasteiger partial charge in [0, 0.05) is 42.9 Å². The molecule has 2 aromatic rings. The van der Waals surface area contributed by atoms with Crippen molar-refractivity contribution < 1.29 is 4.79 Å². The molecule has 23 heavy (non-hydrogen) atoms. The first-order chi connectivity index (χ1) is 11.3. The summed E-state index contributed by atoms with van der Waals surface area (Å²) in [6.07, 6.45) is 14.2. The number of hydrogen-bond acceptors (Lipinski definition) is 2. The summed E-state index contributed by atoms with van der Waals surface area (Å²) in [5.41, 5.74) is 3.46. The van der Waals surface area contributed by atoms with E-state index >= 15 is 0 Å². The van der Waals surface area contributed by atoms with Crippen molar-refractivity contribution in [3.63, 3.8) is 0 Å². The van der Waals surface area contributed by atoms with E-state index in [9.17, 15) is 4.79 Å². The van der Waals surface area contributed by atoms with Gasteiger partial charge < -0.3 is 9.88 Å². The van der Waals surface area contributed by atoms with Crippen molar-refractivity contribution >= 4 is 22.5 Å². The number of nitrogens with zero attached hydrogens (tertiary/aromatic N) is 2. The van der Waals surface area contributed by atoms with Gasteiger partial charge in [0.25, 0.3) is 0 Å². The molecule has 1 unspecified atom stereocenters. The Morgan fingerprint density at radius 2 is 2.39 bits per heavy atom. The minimum atomic E-state index is 0.289. The maximum Gasteiger partial charge on any atom is 0.223 e. The molecule has 0 aromatic carbocycles. The van der Waals surface area contributed by atoms with Gasteiger partial charge in [-0.15, -0.1) is 0 Å². The number of carbonyl (C=O) groups excluding carboxylic acids is 1. The van der Waals surface area contributed by atoms with Gasteiger partial charge in [0.2, 0.25) is 5.91 Å². The molecule has 2 aliphatic rings. The average Bonchev–Trinajstić information content (AvgIpc) is 3.24. The van der Waals surface area contributed by atoms with Gasteiger partial charge in [-0.25, -0.2) is 4.98 Å². The number of hydrogen-bond donors (Lipinski definition) is 1. The third-order valence-electron chi connectivity index (χ3n) is 4.91. The van der Waals surface area contributed by atoms with Crippen LogP contribution in [0, 0.1) is 5.92 Å². The molecule has 0 fully saturated rings. The first-order valence-corrected chi connectivity index (χ1v) is 8.37. The third kappa shape index (κ3) is 2.81. The largest absolute Gasteiger partial charge is 0.346 e. The van der Waals surface area contributed by atoms with Crippen LogP contribution in [0.2, 0.25) is 0 Å². The van der Waals surface area contributed by atoms with E-state index in [1.807, 2.05) is 17.2 Å². The Balaban J connectivity index is 1.46. The number of aromatic nitrogens is 2. The first-order valence-electron chi connectivity index (χ1n) is 8.37. The molecule has 0 bridgehead atoms. The van der Waals surface area contributed by atoms with Crippen molar-refractivity contribution in [1.29, 1.82) is 0 Å². The molecule has 4 rings (SSSR count). The number of amides is 1. The molecule has 4 heteroatoms. The summed E-state index contributed by atoms with van der Waals surface area (Å²) in [5.74, 6) is 0.741. The van der Waals surface area contributed by atoms with Gasteiger partial charge in [0.1, 0.15) is 5.65 Å². The lowest BCUT2D eigenvalue weighted by Gasteiger charge is -2.27. The maximum absolute atomic E-state index is 12.4. The number of aromatic amines is 1. The standard InChI is InChI=1S/C19H21N3O/c23-18(12-14-4-1-2-5-14)22-10-7-15(8-11-22)17-13-21-19-16(17)6-3-9-20-19/h1,3-4,6-7,9,13-14H,2,5,8,10-12H2,(H,20,21). The zero-order valence-electron chi connectivity index (χ0n) is 13.2. The zero-order valence-corrected chi connectivity index (χ0v) is 13.2. The third-order valence-corrected chi connectivity index (χ3v) is 4.91. The Morgan fingerprint density at radius 3 is 3.17 bits per heavy atom. The highest BCUT2D eigenvalue weighted by Crippen LogP contribution is 2.29. The number of H-pyrrole nitrogens is 1. The Hall–Kier alpha value is -2.36. The molecule has 0 saturated carbocycles. The lowest BCUT2D eigenvalue weighted by Crippen LogP contribution is -2.35. The van der Waals surface area contributed by atoms with Gasteiger partial charge >= 0.3 is 0 Å². The summed E-state index contributed by atoms with van der Waals surface area (Å²) in [6.45, 7) is 1.53. The predicted molar refractivity (Wildman–Crippen MR) is 91.7 cm³/mol. The minimum absolute atomic E-state index is 0.289. The van der Waals surface area contributed by atoms with Crippen LogP contribution in [0.1, 0.15) is 31.2 Å². The van der Waals surface area contributed by atoms with E-state index in [0.29, 0.717) is 12.3 Å². The topological polar surface area (TPSA) is 49.0 Å². The second-order valence-electron chi connectivity index (χ2n) is 6.39. The van der Waals surface area contributed by atoms with Crippen LogP contribution in [0.4, 0.5) is 0 Å². The Labute approximate surface area is 135 Å². The first kappa shape index (κ1) is 14.2.